The Morgan fingerprint density at radius 2 is 1.56 bits per heavy atom. The first-order valence-electron chi connectivity index (χ1n) is 9.08. The Morgan fingerprint density at radius 3 is 1.93 bits per heavy atom. The van der Waals surface area contributed by atoms with Crippen LogP contribution in [0, 0.1) is 0 Å². The lowest BCUT2D eigenvalue weighted by Gasteiger charge is -2.41. The molecule has 0 saturated carbocycles. The summed E-state index contributed by atoms with van der Waals surface area (Å²) in [6.07, 6.45) is 0.907. The summed E-state index contributed by atoms with van der Waals surface area (Å²) >= 11 is 1.07. The molecule has 0 aliphatic carbocycles. The van der Waals surface area contributed by atoms with Crippen LogP contribution >= 0.6 is 11.3 Å². The van der Waals surface area contributed by atoms with Gasteiger partial charge >= 0.3 is 0 Å². The van der Waals surface area contributed by atoms with Crippen molar-refractivity contribution in [1.29, 1.82) is 0 Å². The standard InChI is InChI=1S/C17H36N2O4S2Si2/c1-16(2,3)26(7,8)22-12-13(23-27(9,10)17(4,5)6)15-19-11-14(24-15)25(18,20)21/h11,13H,12H2,1-10H3,(H2,18,20,21). The highest BCUT2D eigenvalue weighted by Gasteiger charge is 2.42. The van der Waals surface area contributed by atoms with E-state index in [0.29, 0.717) is 11.6 Å². The van der Waals surface area contributed by atoms with E-state index in [9.17, 15) is 8.42 Å². The van der Waals surface area contributed by atoms with Gasteiger partial charge in [0.15, 0.2) is 20.8 Å². The van der Waals surface area contributed by atoms with E-state index < -0.39 is 32.8 Å². The third kappa shape index (κ3) is 6.44. The van der Waals surface area contributed by atoms with E-state index in [-0.39, 0.29) is 14.3 Å². The lowest BCUT2D eigenvalue weighted by atomic mass is 10.2. The minimum absolute atomic E-state index is 0.0161. The molecule has 0 aliphatic rings. The van der Waals surface area contributed by atoms with Crippen LogP contribution in [0.1, 0.15) is 52.7 Å². The maximum atomic E-state index is 11.7. The zero-order valence-electron chi connectivity index (χ0n) is 18.3. The zero-order valence-corrected chi connectivity index (χ0v) is 22.0. The van der Waals surface area contributed by atoms with Gasteiger partial charge in [0.05, 0.1) is 12.8 Å². The monoisotopic (exact) mass is 452 g/mol. The lowest BCUT2D eigenvalue weighted by Crippen LogP contribution is -2.45. The molecule has 1 rings (SSSR count). The summed E-state index contributed by atoms with van der Waals surface area (Å²) in [5.74, 6) is 0. The summed E-state index contributed by atoms with van der Waals surface area (Å²) in [6.45, 7) is 22.1. The molecule has 1 unspecified atom stereocenters. The fraction of sp³-hybridized carbons (Fsp3) is 0.824. The molecule has 27 heavy (non-hydrogen) atoms. The van der Waals surface area contributed by atoms with Crippen molar-refractivity contribution in [3.05, 3.63) is 11.2 Å². The Labute approximate surface area is 171 Å². The molecule has 1 aromatic heterocycles. The summed E-state index contributed by atoms with van der Waals surface area (Å²) in [7, 11) is -7.87. The molecule has 158 valence electrons. The fourth-order valence-corrected chi connectivity index (χ4v) is 5.66. The number of hydrogen-bond acceptors (Lipinski definition) is 6. The molecule has 2 N–H and O–H groups in total. The van der Waals surface area contributed by atoms with Gasteiger partial charge in [0, 0.05) is 0 Å². The van der Waals surface area contributed by atoms with Crippen LogP contribution < -0.4 is 5.14 Å². The highest BCUT2D eigenvalue weighted by molar-refractivity contribution is 7.91. The average molecular weight is 453 g/mol. The smallest absolute Gasteiger partial charge is 0.249 e. The first kappa shape index (κ1) is 24.9. The van der Waals surface area contributed by atoms with E-state index in [2.05, 4.69) is 72.7 Å². The molecular weight excluding hydrogens is 417 g/mol. The van der Waals surface area contributed by atoms with Gasteiger partial charge in [-0.25, -0.2) is 18.5 Å². The van der Waals surface area contributed by atoms with Crippen LogP contribution in [-0.2, 0) is 18.9 Å². The third-order valence-electron chi connectivity index (χ3n) is 5.70. The zero-order chi connectivity index (χ0) is 21.5. The van der Waals surface area contributed by atoms with Crippen molar-refractivity contribution in [1.82, 2.24) is 4.98 Å². The van der Waals surface area contributed by atoms with Crippen LogP contribution in [0.25, 0.3) is 0 Å². The number of sulfonamides is 1. The van der Waals surface area contributed by atoms with Gasteiger partial charge in [-0.05, 0) is 36.3 Å². The minimum Gasteiger partial charge on any atom is -0.414 e. The Kier molecular flexibility index (Phi) is 7.35. The molecule has 1 atom stereocenters. The van der Waals surface area contributed by atoms with Gasteiger partial charge in [0.2, 0.25) is 10.0 Å². The molecule has 0 fully saturated rings. The second-order valence-corrected chi connectivity index (χ2v) is 22.4. The molecule has 0 aromatic carbocycles. The van der Waals surface area contributed by atoms with Crippen LogP contribution in [0.3, 0.4) is 0 Å². The highest BCUT2D eigenvalue weighted by Crippen LogP contribution is 2.42. The molecule has 0 bridgehead atoms. The summed E-state index contributed by atoms with van der Waals surface area (Å²) in [5, 5.41) is 5.94. The first-order valence-corrected chi connectivity index (χ1v) is 17.3. The number of hydrogen-bond donors (Lipinski definition) is 1. The van der Waals surface area contributed by atoms with Crippen LogP contribution in [-0.4, -0.2) is 36.6 Å². The van der Waals surface area contributed by atoms with E-state index >= 15 is 0 Å². The van der Waals surface area contributed by atoms with Gasteiger partial charge in [0.25, 0.3) is 0 Å². The molecule has 1 aromatic rings. The first-order chi connectivity index (χ1) is 11.8. The maximum absolute atomic E-state index is 11.7. The van der Waals surface area contributed by atoms with Crippen molar-refractivity contribution in [2.24, 2.45) is 5.14 Å². The Bertz CT molecular complexity index is 748. The van der Waals surface area contributed by atoms with Gasteiger partial charge in [-0.3, -0.25) is 0 Å². The van der Waals surface area contributed by atoms with Crippen molar-refractivity contribution in [2.45, 2.75) is 88.1 Å². The number of thiazole rings is 1. The second-order valence-electron chi connectivity index (χ2n) is 10.0. The van der Waals surface area contributed by atoms with E-state index in [1.54, 1.807) is 0 Å². The molecule has 10 heteroatoms. The Morgan fingerprint density at radius 1 is 1.07 bits per heavy atom. The molecular formula is C17H36N2O4S2Si2. The fourth-order valence-electron chi connectivity index (χ4n) is 1.74. The number of nitrogens with zero attached hydrogens (tertiary/aromatic N) is 1. The summed E-state index contributed by atoms with van der Waals surface area (Å²) < 4.78 is 36.3. The number of primary sulfonamides is 1. The molecule has 1 heterocycles. The van der Waals surface area contributed by atoms with Crippen LogP contribution in [0.4, 0.5) is 0 Å². The van der Waals surface area contributed by atoms with Crippen LogP contribution in [0.15, 0.2) is 10.4 Å². The SMILES string of the molecule is CC(C)(C)[Si](C)(C)OCC(O[Si](C)(C)C(C)(C)C)c1ncc(S(N)(=O)=O)s1. The average Bonchev–Trinajstić information content (AvgIpc) is 2.90. The predicted molar refractivity (Wildman–Crippen MR) is 118 cm³/mol. The van der Waals surface area contributed by atoms with Crippen molar-refractivity contribution in [3.8, 4) is 0 Å². The van der Waals surface area contributed by atoms with Gasteiger partial charge in [0.1, 0.15) is 11.1 Å². The van der Waals surface area contributed by atoms with Gasteiger partial charge < -0.3 is 8.85 Å². The Hall–Kier alpha value is -0.106. The third-order valence-corrected chi connectivity index (χ3v) is 17.2. The minimum atomic E-state index is -3.77. The summed E-state index contributed by atoms with van der Waals surface area (Å²) in [6, 6.07) is 0. The van der Waals surface area contributed by atoms with Crippen LogP contribution in [0.2, 0.25) is 36.3 Å². The van der Waals surface area contributed by atoms with Crippen LogP contribution in [0.5, 0.6) is 0 Å². The normalized spacial score (nSPS) is 15.8. The van der Waals surface area contributed by atoms with E-state index in [0.717, 1.165) is 11.3 Å². The number of aromatic nitrogens is 1. The van der Waals surface area contributed by atoms with Crippen molar-refractivity contribution in [3.63, 3.8) is 0 Å². The maximum Gasteiger partial charge on any atom is 0.249 e. The van der Waals surface area contributed by atoms with E-state index in [1.807, 2.05) is 0 Å². The van der Waals surface area contributed by atoms with E-state index in [4.69, 9.17) is 14.0 Å². The van der Waals surface area contributed by atoms with Crippen molar-refractivity contribution < 1.29 is 17.3 Å². The topological polar surface area (TPSA) is 91.5 Å². The van der Waals surface area contributed by atoms with E-state index in [1.165, 1.54) is 6.20 Å². The predicted octanol–water partition coefficient (Wildman–Crippen LogP) is 4.88. The lowest BCUT2D eigenvalue weighted by molar-refractivity contribution is 0.108. The van der Waals surface area contributed by atoms with Gasteiger partial charge in [-0.15, -0.1) is 11.3 Å². The van der Waals surface area contributed by atoms with Crippen molar-refractivity contribution >= 4 is 38.0 Å². The van der Waals surface area contributed by atoms with Gasteiger partial charge in [-0.2, -0.15) is 0 Å². The summed E-state index contributed by atoms with van der Waals surface area (Å²) in [4.78, 5) is 4.30. The number of rotatable bonds is 7. The Balaban J connectivity index is 3.19. The van der Waals surface area contributed by atoms with Crippen molar-refractivity contribution in [2.75, 3.05) is 6.61 Å². The molecule has 0 saturated heterocycles. The molecule has 0 amide bonds. The molecule has 0 spiro atoms. The highest BCUT2D eigenvalue weighted by atomic mass is 32.2. The van der Waals surface area contributed by atoms with Gasteiger partial charge in [-0.1, -0.05) is 41.5 Å². The second kappa shape index (κ2) is 7.96. The summed E-state index contributed by atoms with van der Waals surface area (Å²) in [5.41, 5.74) is 0. The quantitative estimate of drug-likeness (QED) is 0.596. The largest absolute Gasteiger partial charge is 0.414 e. The number of nitrogens with two attached hydrogens (primary N) is 1. The molecule has 6 nitrogen and oxygen atoms in total. The molecule has 0 radical (unpaired) electrons. The molecule has 0 aliphatic heterocycles.